The van der Waals surface area contributed by atoms with Crippen LogP contribution in [0.3, 0.4) is 0 Å². The minimum atomic E-state index is 0.855. The molecule has 0 amide bonds. The Hall–Kier alpha value is -0.600. The Balaban J connectivity index is 2.79. The van der Waals surface area contributed by atoms with Gasteiger partial charge < -0.3 is 0 Å². The molecule has 0 aliphatic carbocycles. The number of nitrogens with zero attached hydrogens (tertiary/aromatic N) is 2. The van der Waals surface area contributed by atoms with Crippen LogP contribution in [0.15, 0.2) is 24.8 Å². The molecule has 0 atom stereocenters. The van der Waals surface area contributed by atoms with Gasteiger partial charge in [-0.15, -0.1) is 0 Å². The lowest BCUT2D eigenvalue weighted by atomic mass is 10.4. The van der Waals surface area contributed by atoms with Gasteiger partial charge in [0.15, 0.2) is 24.8 Å². The van der Waals surface area contributed by atoms with E-state index in [2.05, 4.69) is 52.9 Å². The zero-order valence-corrected chi connectivity index (χ0v) is 7.91. The minimum Gasteiger partial charge on any atom is -0.267 e. The fourth-order valence-corrected chi connectivity index (χ4v) is 0.958. The van der Waals surface area contributed by atoms with E-state index >= 15 is 0 Å². The first-order valence-corrected chi connectivity index (χ1v) is 4.06. The van der Waals surface area contributed by atoms with Crippen LogP contribution >= 0.6 is 0 Å². The molecule has 0 saturated heterocycles. The van der Waals surface area contributed by atoms with Crippen molar-refractivity contribution < 1.29 is 8.97 Å². The highest BCUT2D eigenvalue weighted by atomic mass is 15.4. The maximum absolute atomic E-state index is 2.24. The maximum Gasteiger partial charge on any atom is 0.155 e. The molecule has 0 bridgehead atoms. The van der Waals surface area contributed by atoms with Crippen molar-refractivity contribution in [3.05, 3.63) is 24.8 Å². The number of quaternary nitrogens is 2. The Morgan fingerprint density at radius 1 is 0.909 bits per heavy atom. The van der Waals surface area contributed by atoms with Crippen LogP contribution in [-0.2, 0) is 0 Å². The molecule has 2 nitrogen and oxygen atoms in total. The van der Waals surface area contributed by atoms with Crippen molar-refractivity contribution in [2.45, 2.75) is 6.92 Å². The zero-order valence-electron chi connectivity index (χ0n) is 7.91. The standard InChI is InChI=1S/C9H18N2/c1-5-11(4)8-6-10(2,3)7-9-11/h6-9H,5H2,1-4H3/q+2. The summed E-state index contributed by atoms with van der Waals surface area (Å²) in [6, 6.07) is 0. The summed E-state index contributed by atoms with van der Waals surface area (Å²) in [5, 5.41) is 0. The van der Waals surface area contributed by atoms with E-state index in [9.17, 15) is 0 Å². The molecule has 1 heterocycles. The van der Waals surface area contributed by atoms with Crippen molar-refractivity contribution in [1.82, 2.24) is 0 Å². The second-order valence-electron chi connectivity index (χ2n) is 3.89. The van der Waals surface area contributed by atoms with Crippen LogP contribution in [-0.4, -0.2) is 36.7 Å². The highest BCUT2D eigenvalue weighted by Crippen LogP contribution is 2.15. The van der Waals surface area contributed by atoms with Gasteiger partial charge in [0.2, 0.25) is 0 Å². The molecule has 0 aromatic rings. The molecule has 0 saturated carbocycles. The molecule has 0 aromatic carbocycles. The van der Waals surface area contributed by atoms with Gasteiger partial charge in [-0.2, -0.15) is 0 Å². The number of hydrogen-bond donors (Lipinski definition) is 0. The van der Waals surface area contributed by atoms with Crippen LogP contribution < -0.4 is 0 Å². The summed E-state index contributed by atoms with van der Waals surface area (Å²) in [6.07, 6.45) is 8.90. The van der Waals surface area contributed by atoms with Gasteiger partial charge in [-0.3, -0.25) is 8.97 Å². The van der Waals surface area contributed by atoms with Crippen molar-refractivity contribution in [2.75, 3.05) is 27.7 Å². The second kappa shape index (κ2) is 2.47. The van der Waals surface area contributed by atoms with E-state index in [1.807, 2.05) is 0 Å². The Bertz CT molecular complexity index is 186. The molecule has 1 aliphatic rings. The van der Waals surface area contributed by atoms with Gasteiger partial charge in [0.05, 0.1) is 27.7 Å². The molecule has 1 aliphatic heterocycles. The molecule has 62 valence electrons. The molecule has 11 heavy (non-hydrogen) atoms. The van der Waals surface area contributed by atoms with Crippen molar-refractivity contribution in [2.24, 2.45) is 0 Å². The normalized spacial score (nSPS) is 25.5. The smallest absolute Gasteiger partial charge is 0.155 e. The van der Waals surface area contributed by atoms with Crippen molar-refractivity contribution in [3.63, 3.8) is 0 Å². The molecule has 0 radical (unpaired) electrons. The monoisotopic (exact) mass is 154 g/mol. The van der Waals surface area contributed by atoms with Gasteiger partial charge in [0.25, 0.3) is 0 Å². The van der Waals surface area contributed by atoms with E-state index < -0.39 is 0 Å². The van der Waals surface area contributed by atoms with Gasteiger partial charge in [0, 0.05) is 0 Å². The largest absolute Gasteiger partial charge is 0.267 e. The lowest BCUT2D eigenvalue weighted by molar-refractivity contribution is -0.853. The molecule has 2 heteroatoms. The van der Waals surface area contributed by atoms with Crippen LogP contribution in [0.5, 0.6) is 0 Å². The van der Waals surface area contributed by atoms with Crippen molar-refractivity contribution in [1.29, 1.82) is 0 Å². The van der Waals surface area contributed by atoms with Crippen molar-refractivity contribution >= 4 is 0 Å². The average Bonchev–Trinajstić information content (AvgIpc) is 1.97. The second-order valence-corrected chi connectivity index (χ2v) is 3.89. The Kier molecular flexibility index (Phi) is 1.90. The molecule has 1 rings (SSSR count). The highest BCUT2D eigenvalue weighted by Gasteiger charge is 2.22. The number of hydrogen-bond acceptors (Lipinski definition) is 0. The Morgan fingerprint density at radius 3 is 1.73 bits per heavy atom. The summed E-state index contributed by atoms with van der Waals surface area (Å²) < 4.78 is 1.77. The van der Waals surface area contributed by atoms with E-state index in [4.69, 9.17) is 0 Å². The molecule has 0 N–H and O–H groups in total. The summed E-state index contributed by atoms with van der Waals surface area (Å²) in [4.78, 5) is 0. The lowest BCUT2D eigenvalue weighted by Gasteiger charge is -2.30. The average molecular weight is 154 g/mol. The molecule has 0 spiro atoms. The van der Waals surface area contributed by atoms with Gasteiger partial charge in [-0.05, 0) is 6.92 Å². The third-order valence-corrected chi connectivity index (χ3v) is 2.26. The Morgan fingerprint density at radius 2 is 1.36 bits per heavy atom. The highest BCUT2D eigenvalue weighted by molar-refractivity contribution is 4.80. The predicted molar refractivity (Wildman–Crippen MR) is 47.1 cm³/mol. The van der Waals surface area contributed by atoms with Gasteiger partial charge in [-0.1, -0.05) is 0 Å². The third kappa shape index (κ3) is 1.91. The topological polar surface area (TPSA) is 0 Å². The fraction of sp³-hybridized carbons (Fsp3) is 0.556. The number of rotatable bonds is 1. The van der Waals surface area contributed by atoms with E-state index in [0.717, 1.165) is 15.5 Å². The zero-order chi connectivity index (χ0) is 8.54. The van der Waals surface area contributed by atoms with Crippen LogP contribution in [0.25, 0.3) is 0 Å². The molecule has 0 aromatic heterocycles. The quantitative estimate of drug-likeness (QED) is 0.502. The molecular formula is C9H18N2+2. The SMILES string of the molecule is CC[N+]1(C)C=C[N+](C)(C)C=C1. The summed E-state index contributed by atoms with van der Waals surface area (Å²) in [5.41, 5.74) is 0. The summed E-state index contributed by atoms with van der Waals surface area (Å²) in [5.74, 6) is 0. The third-order valence-electron chi connectivity index (χ3n) is 2.26. The van der Waals surface area contributed by atoms with E-state index in [1.54, 1.807) is 0 Å². The lowest BCUT2D eigenvalue weighted by Crippen LogP contribution is -2.39. The summed E-state index contributed by atoms with van der Waals surface area (Å²) in [6.45, 7) is 3.31. The molecule has 0 unspecified atom stereocenters. The van der Waals surface area contributed by atoms with Gasteiger partial charge in [0.1, 0.15) is 0 Å². The van der Waals surface area contributed by atoms with E-state index in [0.29, 0.717) is 0 Å². The predicted octanol–water partition coefficient (Wildman–Crippen LogP) is 1.49. The first-order chi connectivity index (χ1) is 4.97. The Labute approximate surface area is 69.2 Å². The van der Waals surface area contributed by atoms with Crippen LogP contribution in [0.2, 0.25) is 0 Å². The van der Waals surface area contributed by atoms with Gasteiger partial charge in [-0.25, -0.2) is 0 Å². The van der Waals surface area contributed by atoms with Crippen LogP contribution in [0.1, 0.15) is 6.92 Å². The van der Waals surface area contributed by atoms with E-state index in [-0.39, 0.29) is 0 Å². The first kappa shape index (κ1) is 8.50. The van der Waals surface area contributed by atoms with Gasteiger partial charge >= 0.3 is 0 Å². The van der Waals surface area contributed by atoms with Crippen LogP contribution in [0, 0.1) is 0 Å². The van der Waals surface area contributed by atoms with Crippen LogP contribution in [0.4, 0.5) is 0 Å². The fourth-order valence-electron chi connectivity index (χ4n) is 0.958. The molecule has 0 fully saturated rings. The molecular weight excluding hydrogens is 136 g/mol. The van der Waals surface area contributed by atoms with E-state index in [1.165, 1.54) is 0 Å². The van der Waals surface area contributed by atoms with Crippen molar-refractivity contribution in [3.8, 4) is 0 Å². The minimum absolute atomic E-state index is 0.855. The summed E-state index contributed by atoms with van der Waals surface area (Å²) in [7, 11) is 6.52. The summed E-state index contributed by atoms with van der Waals surface area (Å²) >= 11 is 0. The first-order valence-electron chi connectivity index (χ1n) is 4.06. The maximum atomic E-state index is 2.24.